The Labute approximate surface area is 93.4 Å². The molecule has 2 N–H and O–H groups in total. The van der Waals surface area contributed by atoms with Gasteiger partial charge in [0.15, 0.2) is 5.13 Å². The van der Waals surface area contributed by atoms with E-state index in [4.69, 9.17) is 5.11 Å². The van der Waals surface area contributed by atoms with Crippen LogP contribution in [0.4, 0.5) is 5.13 Å². The van der Waals surface area contributed by atoms with Crippen molar-refractivity contribution in [2.24, 2.45) is 5.41 Å². The van der Waals surface area contributed by atoms with Crippen LogP contribution in [0.1, 0.15) is 36.1 Å². The predicted molar refractivity (Wildman–Crippen MR) is 61.8 cm³/mol. The number of hydrogen-bond acceptors (Lipinski definition) is 4. The van der Waals surface area contributed by atoms with Crippen molar-refractivity contribution in [3.8, 4) is 0 Å². The number of aromatic carboxylic acids is 1. The minimum atomic E-state index is -0.909. The summed E-state index contributed by atoms with van der Waals surface area (Å²) in [5.74, 6) is -0.909. The Hall–Kier alpha value is -1.10. The van der Waals surface area contributed by atoms with Gasteiger partial charge in [-0.15, -0.1) is 0 Å². The molecule has 5 heteroatoms. The zero-order valence-corrected chi connectivity index (χ0v) is 10.2. The lowest BCUT2D eigenvalue weighted by atomic mass is 9.97. The summed E-state index contributed by atoms with van der Waals surface area (Å²) in [6, 6.07) is 0. The monoisotopic (exact) mass is 228 g/mol. The molecule has 0 spiro atoms. The average molecular weight is 228 g/mol. The Kier molecular flexibility index (Phi) is 3.34. The van der Waals surface area contributed by atoms with Gasteiger partial charge in [-0.25, -0.2) is 9.78 Å². The first-order chi connectivity index (χ1) is 6.79. The molecule has 0 unspecified atom stereocenters. The Morgan fingerprint density at radius 1 is 1.53 bits per heavy atom. The van der Waals surface area contributed by atoms with E-state index in [0.29, 0.717) is 15.7 Å². The average Bonchev–Trinajstić information content (AvgIpc) is 2.42. The van der Waals surface area contributed by atoms with Gasteiger partial charge in [-0.2, -0.15) is 0 Å². The van der Waals surface area contributed by atoms with Gasteiger partial charge in [0, 0.05) is 6.54 Å². The minimum Gasteiger partial charge on any atom is -0.477 e. The van der Waals surface area contributed by atoms with Gasteiger partial charge in [-0.05, 0) is 12.3 Å². The number of anilines is 1. The fraction of sp³-hybridized carbons (Fsp3) is 0.600. The molecule has 15 heavy (non-hydrogen) atoms. The number of nitrogens with one attached hydrogen (secondary N) is 1. The molecule has 84 valence electrons. The number of aromatic nitrogens is 1. The van der Waals surface area contributed by atoms with E-state index in [-0.39, 0.29) is 5.41 Å². The second-order valence-electron chi connectivity index (χ2n) is 4.65. The van der Waals surface area contributed by atoms with Gasteiger partial charge in [-0.3, -0.25) is 0 Å². The molecule has 0 amide bonds. The highest BCUT2D eigenvalue weighted by molar-refractivity contribution is 7.17. The summed E-state index contributed by atoms with van der Waals surface area (Å²) in [6.07, 6.45) is 0. The Bertz CT molecular complexity index is 366. The van der Waals surface area contributed by atoms with E-state index in [0.717, 1.165) is 6.54 Å². The smallest absolute Gasteiger partial charge is 0.347 e. The second kappa shape index (κ2) is 4.18. The van der Waals surface area contributed by atoms with Crippen LogP contribution in [0.2, 0.25) is 0 Å². The van der Waals surface area contributed by atoms with Crippen molar-refractivity contribution in [2.45, 2.75) is 27.7 Å². The molecule has 4 nitrogen and oxygen atoms in total. The normalized spacial score (nSPS) is 11.5. The fourth-order valence-electron chi connectivity index (χ4n) is 1.01. The molecule has 1 rings (SSSR count). The number of thiazole rings is 1. The van der Waals surface area contributed by atoms with Crippen LogP contribution in [0.3, 0.4) is 0 Å². The summed E-state index contributed by atoms with van der Waals surface area (Å²) in [7, 11) is 0. The summed E-state index contributed by atoms with van der Waals surface area (Å²) < 4.78 is 0. The van der Waals surface area contributed by atoms with Crippen LogP contribution in [-0.2, 0) is 0 Å². The molecule has 0 bridgehead atoms. The van der Waals surface area contributed by atoms with E-state index in [1.54, 1.807) is 6.92 Å². The number of aryl methyl sites for hydroxylation is 1. The molecule has 0 saturated carbocycles. The molecule has 0 aliphatic heterocycles. The topological polar surface area (TPSA) is 62.2 Å². The van der Waals surface area contributed by atoms with Crippen molar-refractivity contribution in [1.82, 2.24) is 4.98 Å². The van der Waals surface area contributed by atoms with Crippen LogP contribution in [0.15, 0.2) is 0 Å². The van der Waals surface area contributed by atoms with E-state index >= 15 is 0 Å². The van der Waals surface area contributed by atoms with E-state index < -0.39 is 5.97 Å². The minimum absolute atomic E-state index is 0.156. The highest BCUT2D eigenvalue weighted by Gasteiger charge is 2.15. The number of rotatable bonds is 3. The number of hydrogen-bond donors (Lipinski definition) is 2. The predicted octanol–water partition coefficient (Wildman–Crippen LogP) is 2.61. The zero-order chi connectivity index (χ0) is 11.6. The van der Waals surface area contributed by atoms with Gasteiger partial charge < -0.3 is 10.4 Å². The van der Waals surface area contributed by atoms with Crippen molar-refractivity contribution in [3.05, 3.63) is 10.6 Å². The van der Waals surface area contributed by atoms with Gasteiger partial charge in [0.25, 0.3) is 0 Å². The van der Waals surface area contributed by atoms with Crippen LogP contribution in [-0.4, -0.2) is 22.6 Å². The van der Waals surface area contributed by atoms with Crippen LogP contribution >= 0.6 is 11.3 Å². The maximum absolute atomic E-state index is 10.8. The summed E-state index contributed by atoms with van der Waals surface area (Å²) in [6.45, 7) is 8.82. The van der Waals surface area contributed by atoms with Gasteiger partial charge in [-0.1, -0.05) is 32.1 Å². The largest absolute Gasteiger partial charge is 0.477 e. The summed E-state index contributed by atoms with van der Waals surface area (Å²) in [4.78, 5) is 15.3. The van der Waals surface area contributed by atoms with Gasteiger partial charge in [0.05, 0.1) is 5.69 Å². The highest BCUT2D eigenvalue weighted by Crippen LogP contribution is 2.23. The lowest BCUT2D eigenvalue weighted by Gasteiger charge is -2.17. The number of carbonyl (C=O) groups is 1. The van der Waals surface area contributed by atoms with Crippen LogP contribution < -0.4 is 5.32 Å². The van der Waals surface area contributed by atoms with Crippen molar-refractivity contribution >= 4 is 22.4 Å². The third-order valence-electron chi connectivity index (χ3n) is 1.76. The molecule has 0 aliphatic carbocycles. The maximum Gasteiger partial charge on any atom is 0.347 e. The van der Waals surface area contributed by atoms with Crippen molar-refractivity contribution in [1.29, 1.82) is 0 Å². The Morgan fingerprint density at radius 2 is 2.13 bits per heavy atom. The van der Waals surface area contributed by atoms with E-state index in [1.807, 2.05) is 0 Å². The quantitative estimate of drug-likeness (QED) is 0.834. The second-order valence-corrected chi connectivity index (χ2v) is 5.65. The van der Waals surface area contributed by atoms with Crippen molar-refractivity contribution in [2.75, 3.05) is 11.9 Å². The first-order valence-electron chi connectivity index (χ1n) is 4.74. The van der Waals surface area contributed by atoms with Crippen molar-refractivity contribution < 1.29 is 9.90 Å². The first kappa shape index (κ1) is 12.0. The molecule has 1 aromatic heterocycles. The Morgan fingerprint density at radius 3 is 2.53 bits per heavy atom. The van der Waals surface area contributed by atoms with Gasteiger partial charge >= 0.3 is 5.97 Å². The third kappa shape index (κ3) is 3.51. The van der Waals surface area contributed by atoms with Crippen LogP contribution in [0, 0.1) is 12.3 Å². The molecule has 1 aromatic rings. The number of carboxylic acid groups (broad SMARTS) is 1. The molecule has 0 aromatic carbocycles. The molecule has 1 heterocycles. The fourth-order valence-corrected chi connectivity index (χ4v) is 1.81. The lowest BCUT2D eigenvalue weighted by molar-refractivity contribution is 0.0701. The lowest BCUT2D eigenvalue weighted by Crippen LogP contribution is -2.18. The van der Waals surface area contributed by atoms with Gasteiger partial charge in [0.1, 0.15) is 4.88 Å². The summed E-state index contributed by atoms with van der Waals surface area (Å²) in [5, 5.41) is 12.7. The van der Waals surface area contributed by atoms with Crippen LogP contribution in [0.25, 0.3) is 0 Å². The third-order valence-corrected chi connectivity index (χ3v) is 2.86. The first-order valence-corrected chi connectivity index (χ1v) is 5.56. The summed E-state index contributed by atoms with van der Waals surface area (Å²) >= 11 is 1.19. The highest BCUT2D eigenvalue weighted by atomic mass is 32.1. The zero-order valence-electron chi connectivity index (χ0n) is 9.42. The van der Waals surface area contributed by atoms with Crippen LogP contribution in [0.5, 0.6) is 0 Å². The van der Waals surface area contributed by atoms with Crippen molar-refractivity contribution in [3.63, 3.8) is 0 Å². The molecule has 0 saturated heterocycles. The molecule has 0 fully saturated rings. The molecule has 0 aliphatic rings. The van der Waals surface area contributed by atoms with E-state index in [1.165, 1.54) is 11.3 Å². The SMILES string of the molecule is Cc1nc(NCC(C)(C)C)sc1C(=O)O. The van der Waals surface area contributed by atoms with E-state index in [2.05, 4.69) is 31.1 Å². The molecular weight excluding hydrogens is 212 g/mol. The summed E-state index contributed by atoms with van der Waals surface area (Å²) in [5.41, 5.74) is 0.729. The van der Waals surface area contributed by atoms with Gasteiger partial charge in [0.2, 0.25) is 0 Å². The molecular formula is C10H16N2O2S. The maximum atomic E-state index is 10.8. The molecule has 0 radical (unpaired) electrons. The molecule has 0 atom stereocenters. The standard InChI is InChI=1S/C10H16N2O2S/c1-6-7(8(13)14)15-9(12-6)11-5-10(2,3)4/h5H2,1-4H3,(H,11,12)(H,13,14). The number of nitrogens with zero attached hydrogens (tertiary/aromatic N) is 1. The Balaban J connectivity index is 2.72. The number of carboxylic acids is 1. The van der Waals surface area contributed by atoms with E-state index in [9.17, 15) is 4.79 Å².